The van der Waals surface area contributed by atoms with Crippen molar-refractivity contribution in [1.82, 2.24) is 4.90 Å². The van der Waals surface area contributed by atoms with Gasteiger partial charge in [-0.3, -0.25) is 4.79 Å². The standard InChI is InChI=1S/C11H10ClF4NO/c12-1-2-17(6-10(15)16)11(18)7-3-8(13)5-9(14)4-7/h3-5,10H,1-2,6H2. The number of alkyl halides is 3. The topological polar surface area (TPSA) is 20.3 Å². The highest BCUT2D eigenvalue weighted by molar-refractivity contribution is 6.18. The molecule has 0 atom stereocenters. The van der Waals surface area contributed by atoms with E-state index in [-0.39, 0.29) is 18.0 Å². The lowest BCUT2D eigenvalue weighted by Gasteiger charge is -2.21. The molecule has 100 valence electrons. The van der Waals surface area contributed by atoms with E-state index in [4.69, 9.17) is 11.6 Å². The number of carbonyl (C=O) groups is 1. The van der Waals surface area contributed by atoms with E-state index in [1.54, 1.807) is 0 Å². The van der Waals surface area contributed by atoms with Crippen molar-refractivity contribution in [3.8, 4) is 0 Å². The number of benzene rings is 1. The molecule has 0 spiro atoms. The van der Waals surface area contributed by atoms with Crippen molar-refractivity contribution in [2.45, 2.75) is 6.43 Å². The van der Waals surface area contributed by atoms with Crippen LogP contribution in [0.3, 0.4) is 0 Å². The first-order valence-electron chi connectivity index (χ1n) is 5.03. The first-order chi connectivity index (χ1) is 8.43. The highest BCUT2D eigenvalue weighted by Gasteiger charge is 2.20. The van der Waals surface area contributed by atoms with Crippen molar-refractivity contribution in [2.75, 3.05) is 19.0 Å². The van der Waals surface area contributed by atoms with Gasteiger partial charge in [-0.05, 0) is 12.1 Å². The third-order valence-electron chi connectivity index (χ3n) is 2.11. The number of nitrogens with zero attached hydrogens (tertiary/aromatic N) is 1. The molecule has 0 saturated heterocycles. The number of rotatable bonds is 5. The normalized spacial score (nSPS) is 10.8. The quantitative estimate of drug-likeness (QED) is 0.601. The molecule has 1 amide bonds. The van der Waals surface area contributed by atoms with Gasteiger partial charge in [-0.2, -0.15) is 0 Å². The molecule has 1 aromatic rings. The van der Waals surface area contributed by atoms with E-state index in [1.165, 1.54) is 0 Å². The van der Waals surface area contributed by atoms with E-state index < -0.39 is 30.5 Å². The monoisotopic (exact) mass is 283 g/mol. The van der Waals surface area contributed by atoms with Crippen LogP contribution in [0.5, 0.6) is 0 Å². The molecule has 0 radical (unpaired) electrons. The molecular formula is C11H10ClF4NO. The van der Waals surface area contributed by atoms with Crippen LogP contribution in [-0.4, -0.2) is 36.2 Å². The molecule has 0 aromatic heterocycles. The van der Waals surface area contributed by atoms with Gasteiger partial charge in [-0.1, -0.05) is 0 Å². The van der Waals surface area contributed by atoms with Crippen LogP contribution in [0.15, 0.2) is 18.2 Å². The van der Waals surface area contributed by atoms with Crippen molar-refractivity contribution in [3.63, 3.8) is 0 Å². The summed E-state index contributed by atoms with van der Waals surface area (Å²) in [5, 5.41) is 0. The van der Waals surface area contributed by atoms with E-state index in [2.05, 4.69) is 0 Å². The van der Waals surface area contributed by atoms with Crippen LogP contribution in [0.4, 0.5) is 17.6 Å². The van der Waals surface area contributed by atoms with E-state index >= 15 is 0 Å². The lowest BCUT2D eigenvalue weighted by atomic mass is 10.2. The van der Waals surface area contributed by atoms with Gasteiger partial charge in [-0.15, -0.1) is 11.6 Å². The largest absolute Gasteiger partial charge is 0.332 e. The second-order valence-corrected chi connectivity index (χ2v) is 3.87. The van der Waals surface area contributed by atoms with Gasteiger partial charge in [0.05, 0.1) is 6.54 Å². The second kappa shape index (κ2) is 6.58. The maximum atomic E-state index is 12.9. The van der Waals surface area contributed by atoms with Crippen LogP contribution in [0, 0.1) is 11.6 Å². The van der Waals surface area contributed by atoms with Gasteiger partial charge in [0.25, 0.3) is 12.3 Å². The van der Waals surface area contributed by atoms with Crippen LogP contribution in [0.2, 0.25) is 0 Å². The Balaban J connectivity index is 2.93. The van der Waals surface area contributed by atoms with Gasteiger partial charge in [0, 0.05) is 24.1 Å². The molecule has 0 bridgehead atoms. The molecule has 0 N–H and O–H groups in total. The summed E-state index contributed by atoms with van der Waals surface area (Å²) in [5.74, 6) is -2.81. The molecule has 0 fully saturated rings. The fourth-order valence-electron chi connectivity index (χ4n) is 1.40. The molecule has 18 heavy (non-hydrogen) atoms. The minimum atomic E-state index is -2.74. The molecule has 1 rings (SSSR count). The van der Waals surface area contributed by atoms with Gasteiger partial charge in [0.1, 0.15) is 11.6 Å². The first-order valence-corrected chi connectivity index (χ1v) is 5.57. The van der Waals surface area contributed by atoms with Crippen molar-refractivity contribution >= 4 is 17.5 Å². The Labute approximate surface area is 106 Å². The number of hydrogen-bond donors (Lipinski definition) is 0. The highest BCUT2D eigenvalue weighted by Crippen LogP contribution is 2.12. The summed E-state index contributed by atoms with van der Waals surface area (Å²) in [6.07, 6.45) is -2.74. The molecule has 7 heteroatoms. The Kier molecular flexibility index (Phi) is 5.40. The molecule has 0 unspecified atom stereocenters. The van der Waals surface area contributed by atoms with Crippen molar-refractivity contribution < 1.29 is 22.4 Å². The van der Waals surface area contributed by atoms with Crippen LogP contribution in [-0.2, 0) is 0 Å². The van der Waals surface area contributed by atoms with Crippen LogP contribution < -0.4 is 0 Å². The smallest absolute Gasteiger partial charge is 0.255 e. The Morgan fingerprint density at radius 1 is 1.22 bits per heavy atom. The summed E-state index contributed by atoms with van der Waals surface area (Å²) in [6.45, 7) is -0.952. The van der Waals surface area contributed by atoms with Crippen LogP contribution in [0.25, 0.3) is 0 Å². The van der Waals surface area contributed by atoms with Gasteiger partial charge in [0.2, 0.25) is 0 Å². The molecule has 1 aromatic carbocycles. The molecule has 0 heterocycles. The Morgan fingerprint density at radius 2 is 1.78 bits per heavy atom. The minimum absolute atomic E-state index is 0.0454. The molecule has 0 aliphatic rings. The number of amides is 1. The van der Waals surface area contributed by atoms with E-state index in [1.807, 2.05) is 0 Å². The van der Waals surface area contributed by atoms with Gasteiger partial charge in [-0.25, -0.2) is 17.6 Å². The van der Waals surface area contributed by atoms with E-state index in [0.717, 1.165) is 17.0 Å². The van der Waals surface area contributed by atoms with Crippen molar-refractivity contribution in [3.05, 3.63) is 35.4 Å². The fraction of sp³-hybridized carbons (Fsp3) is 0.364. The summed E-state index contributed by atoms with van der Waals surface area (Å²) in [7, 11) is 0. The number of carbonyl (C=O) groups excluding carboxylic acids is 1. The number of halogens is 5. The number of hydrogen-bond acceptors (Lipinski definition) is 1. The highest BCUT2D eigenvalue weighted by atomic mass is 35.5. The summed E-state index contributed by atoms with van der Waals surface area (Å²) >= 11 is 5.39. The zero-order valence-corrected chi connectivity index (χ0v) is 9.93. The van der Waals surface area contributed by atoms with Gasteiger partial charge < -0.3 is 4.90 Å². The predicted octanol–water partition coefficient (Wildman–Crippen LogP) is 2.91. The molecule has 0 aliphatic heterocycles. The third kappa shape index (κ3) is 4.18. The minimum Gasteiger partial charge on any atom is -0.332 e. The SMILES string of the molecule is O=C(c1cc(F)cc(F)c1)N(CCCl)CC(F)F. The zero-order chi connectivity index (χ0) is 13.7. The fourth-order valence-corrected chi connectivity index (χ4v) is 1.61. The Bertz CT molecular complexity index is 407. The van der Waals surface area contributed by atoms with E-state index in [9.17, 15) is 22.4 Å². The summed E-state index contributed by atoms with van der Waals surface area (Å²) < 4.78 is 50.3. The summed E-state index contributed by atoms with van der Waals surface area (Å²) in [4.78, 5) is 12.5. The summed E-state index contributed by atoms with van der Waals surface area (Å²) in [6, 6.07) is 2.17. The third-order valence-corrected chi connectivity index (χ3v) is 2.28. The Hall–Kier alpha value is -1.30. The van der Waals surface area contributed by atoms with Crippen molar-refractivity contribution in [2.24, 2.45) is 0 Å². The average Bonchev–Trinajstić information content (AvgIpc) is 2.25. The van der Waals surface area contributed by atoms with Gasteiger partial charge >= 0.3 is 0 Å². The average molecular weight is 284 g/mol. The maximum absolute atomic E-state index is 12.9. The van der Waals surface area contributed by atoms with E-state index in [0.29, 0.717) is 6.07 Å². The molecule has 0 saturated carbocycles. The van der Waals surface area contributed by atoms with Crippen LogP contribution in [0.1, 0.15) is 10.4 Å². The van der Waals surface area contributed by atoms with Gasteiger partial charge in [0.15, 0.2) is 0 Å². The molecule has 0 aliphatic carbocycles. The Morgan fingerprint density at radius 3 is 2.22 bits per heavy atom. The molecule has 2 nitrogen and oxygen atoms in total. The zero-order valence-electron chi connectivity index (χ0n) is 9.18. The maximum Gasteiger partial charge on any atom is 0.255 e. The predicted molar refractivity (Wildman–Crippen MR) is 59.0 cm³/mol. The lowest BCUT2D eigenvalue weighted by Crippen LogP contribution is -2.36. The lowest BCUT2D eigenvalue weighted by molar-refractivity contribution is 0.0570. The van der Waals surface area contributed by atoms with Crippen molar-refractivity contribution in [1.29, 1.82) is 0 Å². The second-order valence-electron chi connectivity index (χ2n) is 3.49. The summed E-state index contributed by atoms with van der Waals surface area (Å²) in [5.41, 5.74) is -0.321. The first kappa shape index (κ1) is 14.8. The van der Waals surface area contributed by atoms with Crippen LogP contribution >= 0.6 is 11.6 Å². The molecular weight excluding hydrogens is 274 g/mol.